The number of anilines is 1. The fourth-order valence-corrected chi connectivity index (χ4v) is 2.02. The van der Waals surface area contributed by atoms with Crippen molar-refractivity contribution in [3.63, 3.8) is 0 Å². The zero-order valence-electron chi connectivity index (χ0n) is 10.9. The van der Waals surface area contributed by atoms with Crippen molar-refractivity contribution >= 4 is 11.9 Å². The minimum Gasteiger partial charge on any atom is -0.352 e. The van der Waals surface area contributed by atoms with Crippen LogP contribution in [0, 0.1) is 0 Å². The maximum Gasteiger partial charge on any atom is 0.225 e. The average Bonchev–Trinajstić information content (AvgIpc) is 2.46. The second-order valence-corrected chi connectivity index (χ2v) is 4.57. The number of carbonyl (C=O) groups excluding carboxylic acids is 1. The number of carbonyl (C=O) groups is 1. The molecule has 0 spiro atoms. The van der Waals surface area contributed by atoms with Crippen LogP contribution in [0.1, 0.15) is 38.2 Å². The van der Waals surface area contributed by atoms with Crippen molar-refractivity contribution in [1.29, 1.82) is 0 Å². The smallest absolute Gasteiger partial charge is 0.225 e. The van der Waals surface area contributed by atoms with Crippen LogP contribution in [0.3, 0.4) is 0 Å². The highest BCUT2D eigenvalue weighted by Crippen LogP contribution is 2.14. The lowest BCUT2D eigenvalue weighted by Crippen LogP contribution is -2.31. The summed E-state index contributed by atoms with van der Waals surface area (Å²) in [4.78, 5) is 22.1. The molecule has 2 heterocycles. The van der Waals surface area contributed by atoms with Crippen LogP contribution >= 0.6 is 0 Å². The third-order valence-electron chi connectivity index (χ3n) is 3.14. The van der Waals surface area contributed by atoms with E-state index in [9.17, 15) is 4.79 Å². The standard InChI is InChI=1S/C13H20N4O/c1-2-12(18)14-8-11-9-15-13(16-10-11)17-6-4-3-5-7-17/h9-10H,2-8H2,1H3,(H,14,18). The van der Waals surface area contributed by atoms with E-state index in [0.29, 0.717) is 13.0 Å². The van der Waals surface area contributed by atoms with Gasteiger partial charge in [-0.15, -0.1) is 0 Å². The Bertz CT molecular complexity index is 384. The van der Waals surface area contributed by atoms with E-state index < -0.39 is 0 Å². The largest absolute Gasteiger partial charge is 0.352 e. The Hall–Kier alpha value is -1.65. The van der Waals surface area contributed by atoms with Gasteiger partial charge in [-0.3, -0.25) is 4.79 Å². The average molecular weight is 248 g/mol. The molecule has 18 heavy (non-hydrogen) atoms. The Morgan fingerprint density at radius 3 is 2.56 bits per heavy atom. The van der Waals surface area contributed by atoms with Crippen LogP contribution < -0.4 is 10.2 Å². The molecule has 1 aromatic heterocycles. The van der Waals surface area contributed by atoms with Crippen LogP contribution in [0.15, 0.2) is 12.4 Å². The highest BCUT2D eigenvalue weighted by atomic mass is 16.1. The summed E-state index contributed by atoms with van der Waals surface area (Å²) in [5, 5.41) is 2.82. The van der Waals surface area contributed by atoms with Crippen molar-refractivity contribution in [1.82, 2.24) is 15.3 Å². The number of aromatic nitrogens is 2. The van der Waals surface area contributed by atoms with E-state index >= 15 is 0 Å². The van der Waals surface area contributed by atoms with Crippen LogP contribution in [-0.2, 0) is 11.3 Å². The maximum atomic E-state index is 11.1. The Kier molecular flexibility index (Phi) is 4.50. The van der Waals surface area contributed by atoms with Crippen LogP contribution in [-0.4, -0.2) is 29.0 Å². The first kappa shape index (κ1) is 12.8. The van der Waals surface area contributed by atoms with Gasteiger partial charge in [-0.25, -0.2) is 9.97 Å². The highest BCUT2D eigenvalue weighted by Gasteiger charge is 2.12. The van der Waals surface area contributed by atoms with Gasteiger partial charge in [-0.2, -0.15) is 0 Å². The third-order valence-corrected chi connectivity index (χ3v) is 3.14. The highest BCUT2D eigenvalue weighted by molar-refractivity contribution is 5.75. The lowest BCUT2D eigenvalue weighted by atomic mass is 10.1. The Balaban J connectivity index is 1.90. The number of hydrogen-bond acceptors (Lipinski definition) is 4. The fourth-order valence-electron chi connectivity index (χ4n) is 2.02. The van der Waals surface area contributed by atoms with Crippen LogP contribution in [0.2, 0.25) is 0 Å². The van der Waals surface area contributed by atoms with Crippen LogP contribution in [0.5, 0.6) is 0 Å². The molecule has 5 heteroatoms. The summed E-state index contributed by atoms with van der Waals surface area (Å²) in [7, 11) is 0. The summed E-state index contributed by atoms with van der Waals surface area (Å²) in [6, 6.07) is 0. The Morgan fingerprint density at radius 2 is 1.94 bits per heavy atom. The zero-order chi connectivity index (χ0) is 12.8. The molecule has 1 saturated heterocycles. The van der Waals surface area contributed by atoms with E-state index in [2.05, 4.69) is 20.2 Å². The molecule has 0 bridgehead atoms. The van der Waals surface area contributed by atoms with E-state index in [1.807, 2.05) is 6.92 Å². The molecule has 1 aliphatic heterocycles. The zero-order valence-corrected chi connectivity index (χ0v) is 10.9. The van der Waals surface area contributed by atoms with Gasteiger partial charge in [0.05, 0.1) is 0 Å². The summed E-state index contributed by atoms with van der Waals surface area (Å²) >= 11 is 0. The van der Waals surface area contributed by atoms with E-state index in [4.69, 9.17) is 0 Å². The number of piperidine rings is 1. The van der Waals surface area contributed by atoms with Crippen molar-refractivity contribution in [3.05, 3.63) is 18.0 Å². The van der Waals surface area contributed by atoms with E-state index in [0.717, 1.165) is 24.6 Å². The first-order valence-corrected chi connectivity index (χ1v) is 6.62. The molecule has 1 aromatic rings. The fraction of sp³-hybridized carbons (Fsp3) is 0.615. The minimum atomic E-state index is 0.0510. The molecular formula is C13H20N4O. The minimum absolute atomic E-state index is 0.0510. The molecule has 0 aromatic carbocycles. The maximum absolute atomic E-state index is 11.1. The summed E-state index contributed by atoms with van der Waals surface area (Å²) in [5.74, 6) is 0.857. The van der Waals surface area contributed by atoms with Gasteiger partial charge in [0.2, 0.25) is 11.9 Å². The van der Waals surface area contributed by atoms with Gasteiger partial charge < -0.3 is 10.2 Å². The van der Waals surface area contributed by atoms with E-state index in [-0.39, 0.29) is 5.91 Å². The SMILES string of the molecule is CCC(=O)NCc1cnc(N2CCCCC2)nc1. The summed E-state index contributed by atoms with van der Waals surface area (Å²) in [5.41, 5.74) is 0.942. The van der Waals surface area contributed by atoms with Gasteiger partial charge in [-0.05, 0) is 19.3 Å². The predicted octanol–water partition coefficient (Wildman–Crippen LogP) is 1.49. The van der Waals surface area contributed by atoms with Crippen molar-refractivity contribution in [2.75, 3.05) is 18.0 Å². The third kappa shape index (κ3) is 3.42. The quantitative estimate of drug-likeness (QED) is 0.877. The van der Waals surface area contributed by atoms with Gasteiger partial charge in [-0.1, -0.05) is 6.92 Å². The van der Waals surface area contributed by atoms with Crippen LogP contribution in [0.4, 0.5) is 5.95 Å². The van der Waals surface area contributed by atoms with Crippen molar-refractivity contribution < 1.29 is 4.79 Å². The number of nitrogens with one attached hydrogen (secondary N) is 1. The van der Waals surface area contributed by atoms with Crippen molar-refractivity contribution in [2.24, 2.45) is 0 Å². The second kappa shape index (κ2) is 6.33. The lowest BCUT2D eigenvalue weighted by Gasteiger charge is -2.26. The molecule has 0 radical (unpaired) electrons. The summed E-state index contributed by atoms with van der Waals surface area (Å²) in [6.45, 7) is 4.44. The first-order valence-electron chi connectivity index (χ1n) is 6.62. The molecule has 2 rings (SSSR count). The molecule has 0 aliphatic carbocycles. The van der Waals surface area contributed by atoms with Gasteiger partial charge in [0.25, 0.3) is 0 Å². The topological polar surface area (TPSA) is 58.1 Å². The van der Waals surface area contributed by atoms with E-state index in [1.54, 1.807) is 12.4 Å². The molecular weight excluding hydrogens is 228 g/mol. The molecule has 0 saturated carbocycles. The van der Waals surface area contributed by atoms with Gasteiger partial charge >= 0.3 is 0 Å². The summed E-state index contributed by atoms with van der Waals surface area (Å²) in [6.07, 6.45) is 7.85. The number of hydrogen-bond donors (Lipinski definition) is 1. The van der Waals surface area contributed by atoms with E-state index in [1.165, 1.54) is 19.3 Å². The molecule has 0 unspecified atom stereocenters. The molecule has 1 amide bonds. The summed E-state index contributed by atoms with van der Waals surface area (Å²) < 4.78 is 0. The number of amides is 1. The molecule has 0 atom stereocenters. The molecule has 1 aliphatic rings. The number of rotatable bonds is 4. The monoisotopic (exact) mass is 248 g/mol. The molecule has 1 N–H and O–H groups in total. The van der Waals surface area contributed by atoms with Gasteiger partial charge in [0, 0.05) is 44.0 Å². The van der Waals surface area contributed by atoms with Gasteiger partial charge in [0.15, 0.2) is 0 Å². The molecule has 1 fully saturated rings. The Morgan fingerprint density at radius 1 is 1.28 bits per heavy atom. The van der Waals surface area contributed by atoms with Crippen molar-refractivity contribution in [2.45, 2.75) is 39.2 Å². The van der Waals surface area contributed by atoms with Crippen LogP contribution in [0.25, 0.3) is 0 Å². The normalized spacial score (nSPS) is 15.5. The van der Waals surface area contributed by atoms with Crippen molar-refractivity contribution in [3.8, 4) is 0 Å². The lowest BCUT2D eigenvalue weighted by molar-refractivity contribution is -0.120. The van der Waals surface area contributed by atoms with Gasteiger partial charge in [0.1, 0.15) is 0 Å². The molecule has 5 nitrogen and oxygen atoms in total. The second-order valence-electron chi connectivity index (χ2n) is 4.57. The Labute approximate surface area is 108 Å². The number of nitrogens with zero attached hydrogens (tertiary/aromatic N) is 3. The molecule has 98 valence electrons. The predicted molar refractivity (Wildman–Crippen MR) is 70.2 cm³/mol. The first-order chi connectivity index (χ1) is 8.79.